The third-order valence-corrected chi connectivity index (χ3v) is 7.35. The molecule has 4 nitrogen and oxygen atoms in total. The second-order valence-corrected chi connectivity index (χ2v) is 11.4. The minimum absolute atomic E-state index is 0.0558. The molecule has 0 spiro atoms. The third kappa shape index (κ3) is 10.2. The Kier molecular flexibility index (Phi) is 11.3. The molecule has 4 rings (SSSR count). The summed E-state index contributed by atoms with van der Waals surface area (Å²) in [5.74, 6) is 0. The van der Waals surface area contributed by atoms with Crippen molar-refractivity contribution in [1.82, 2.24) is 10.6 Å². The number of alkyl halides is 12. The second-order valence-electron chi connectivity index (χ2n) is 10.6. The molecule has 4 aromatic rings. The first kappa shape index (κ1) is 38.2. The highest BCUT2D eigenvalue weighted by Gasteiger charge is 2.38. The van der Waals surface area contributed by atoms with Crippen LogP contribution in [0.15, 0.2) is 97.1 Å². The minimum Gasteiger partial charge on any atom is -0.353 e. The maximum Gasteiger partial charge on any atom is 0.416 e. The van der Waals surface area contributed by atoms with Crippen LogP contribution in [0.4, 0.5) is 64.1 Å². The van der Waals surface area contributed by atoms with Crippen LogP contribution in [-0.4, -0.2) is 10.2 Å². The molecule has 0 aliphatic heterocycles. The molecule has 0 saturated carbocycles. The fourth-order valence-electron chi connectivity index (χ4n) is 4.71. The van der Waals surface area contributed by atoms with E-state index in [1.54, 1.807) is 60.7 Å². The lowest BCUT2D eigenvalue weighted by molar-refractivity contribution is -0.144. The van der Waals surface area contributed by atoms with Crippen molar-refractivity contribution in [2.45, 2.75) is 36.8 Å². The number of hydrogen-bond donors (Lipinski definition) is 4. The number of nitrogens with one attached hydrogen (secondary N) is 4. The van der Waals surface area contributed by atoms with Crippen LogP contribution >= 0.6 is 24.4 Å². The number of anilines is 2. The summed E-state index contributed by atoms with van der Waals surface area (Å²) in [4.78, 5) is 0. The van der Waals surface area contributed by atoms with E-state index in [-0.39, 0.29) is 12.1 Å². The highest BCUT2D eigenvalue weighted by Crippen LogP contribution is 2.39. The summed E-state index contributed by atoms with van der Waals surface area (Å²) in [6, 6.07) is 15.5. The molecule has 0 fully saturated rings. The van der Waals surface area contributed by atoms with E-state index >= 15 is 0 Å². The van der Waals surface area contributed by atoms with Gasteiger partial charge < -0.3 is 21.3 Å². The normalized spacial score (nSPS) is 13.6. The topological polar surface area (TPSA) is 48.1 Å². The Hall–Kier alpha value is -4.58. The molecule has 18 heteroatoms. The van der Waals surface area contributed by atoms with E-state index in [1.165, 1.54) is 0 Å². The molecule has 0 amide bonds. The molecular formula is C32H22F12N4S2. The Morgan fingerprint density at radius 3 is 0.920 bits per heavy atom. The molecule has 4 aromatic carbocycles. The number of halogens is 12. The van der Waals surface area contributed by atoms with E-state index in [4.69, 9.17) is 24.4 Å². The molecule has 0 saturated heterocycles. The van der Waals surface area contributed by atoms with E-state index in [2.05, 4.69) is 21.3 Å². The van der Waals surface area contributed by atoms with Gasteiger partial charge >= 0.3 is 24.7 Å². The highest BCUT2D eigenvalue weighted by molar-refractivity contribution is 7.80. The molecule has 4 N–H and O–H groups in total. The first-order valence-electron chi connectivity index (χ1n) is 13.9. The van der Waals surface area contributed by atoms with Gasteiger partial charge in [-0.2, -0.15) is 52.7 Å². The summed E-state index contributed by atoms with van der Waals surface area (Å²) in [6.45, 7) is 0. The Bertz CT molecular complexity index is 1610. The van der Waals surface area contributed by atoms with Crippen molar-refractivity contribution in [3.63, 3.8) is 0 Å². The molecule has 2 atom stereocenters. The summed E-state index contributed by atoms with van der Waals surface area (Å²) < 4.78 is 161. The predicted octanol–water partition coefficient (Wildman–Crippen LogP) is 10.5. The van der Waals surface area contributed by atoms with Gasteiger partial charge in [0, 0.05) is 11.4 Å². The zero-order valence-corrected chi connectivity index (χ0v) is 26.4. The van der Waals surface area contributed by atoms with Gasteiger partial charge in [-0.3, -0.25) is 0 Å². The fraction of sp³-hybridized carbons (Fsp3) is 0.188. The van der Waals surface area contributed by atoms with Gasteiger partial charge in [0.25, 0.3) is 0 Å². The van der Waals surface area contributed by atoms with E-state index in [0.717, 1.165) is 0 Å². The quantitative estimate of drug-likeness (QED) is 0.111. The van der Waals surface area contributed by atoms with Crippen molar-refractivity contribution in [3.8, 4) is 0 Å². The monoisotopic (exact) mass is 754 g/mol. The Morgan fingerprint density at radius 2 is 0.680 bits per heavy atom. The van der Waals surface area contributed by atoms with E-state index in [1.807, 2.05) is 0 Å². The van der Waals surface area contributed by atoms with Crippen molar-refractivity contribution in [1.29, 1.82) is 0 Å². The lowest BCUT2D eigenvalue weighted by atomic mass is 9.93. The van der Waals surface area contributed by atoms with Gasteiger partial charge in [0.15, 0.2) is 10.2 Å². The van der Waals surface area contributed by atoms with Crippen LogP contribution in [0.2, 0.25) is 0 Å². The second kappa shape index (κ2) is 14.7. The first-order valence-corrected chi connectivity index (χ1v) is 14.8. The molecule has 0 unspecified atom stereocenters. The summed E-state index contributed by atoms with van der Waals surface area (Å²) in [7, 11) is 0. The van der Waals surface area contributed by atoms with Crippen LogP contribution in [0.3, 0.4) is 0 Å². The summed E-state index contributed by atoms with van der Waals surface area (Å²) >= 11 is 10.6. The van der Waals surface area contributed by atoms with Gasteiger partial charge in [-0.25, -0.2) is 0 Å². The van der Waals surface area contributed by atoms with Crippen molar-refractivity contribution >= 4 is 46.0 Å². The van der Waals surface area contributed by atoms with Crippen LogP contribution in [0.5, 0.6) is 0 Å². The molecule has 0 heterocycles. The smallest absolute Gasteiger partial charge is 0.353 e. The Labute approximate surface area is 286 Å². The van der Waals surface area contributed by atoms with Crippen LogP contribution in [-0.2, 0) is 24.7 Å². The lowest BCUT2D eigenvalue weighted by Crippen LogP contribution is -2.43. The maximum atomic E-state index is 13.5. The average molecular weight is 755 g/mol. The molecule has 0 aliphatic carbocycles. The zero-order valence-electron chi connectivity index (χ0n) is 24.7. The van der Waals surface area contributed by atoms with E-state index < -0.39 is 80.6 Å². The SMILES string of the molecule is FC(F)(F)c1cc(NC(=S)N[C@H](c2ccccc2)[C@H](NC(=S)Nc2cc(C(F)(F)F)cc(C(F)(F)F)c2)c2ccccc2)cc(C(F)(F)F)c1. The van der Waals surface area contributed by atoms with Gasteiger partial charge in [-0.05, 0) is 72.0 Å². The molecule has 0 aromatic heterocycles. The number of thiocarbonyl (C=S) groups is 2. The number of benzene rings is 4. The maximum absolute atomic E-state index is 13.5. The average Bonchev–Trinajstić information content (AvgIpc) is 3.01. The van der Waals surface area contributed by atoms with Gasteiger partial charge in [0.2, 0.25) is 0 Å². The molecule has 266 valence electrons. The summed E-state index contributed by atoms with van der Waals surface area (Å²) in [6.07, 6.45) is -20.5. The summed E-state index contributed by atoms with van der Waals surface area (Å²) in [5.41, 5.74) is -6.83. The van der Waals surface area contributed by atoms with Gasteiger partial charge in [-0.15, -0.1) is 0 Å². The first-order chi connectivity index (χ1) is 23.1. The van der Waals surface area contributed by atoms with Crippen LogP contribution in [0.1, 0.15) is 45.5 Å². The van der Waals surface area contributed by atoms with Crippen LogP contribution in [0, 0.1) is 0 Å². The molecule has 0 bridgehead atoms. The van der Waals surface area contributed by atoms with Crippen molar-refractivity contribution in [3.05, 3.63) is 130 Å². The number of rotatable bonds is 7. The third-order valence-electron chi connectivity index (χ3n) is 6.91. The Morgan fingerprint density at radius 1 is 0.420 bits per heavy atom. The summed E-state index contributed by atoms with van der Waals surface area (Å²) in [5, 5.41) is 9.46. The van der Waals surface area contributed by atoms with Gasteiger partial charge in [-0.1, -0.05) is 60.7 Å². The lowest BCUT2D eigenvalue weighted by Gasteiger charge is -2.32. The molecular weight excluding hydrogens is 732 g/mol. The molecule has 0 aliphatic rings. The van der Waals surface area contributed by atoms with Crippen LogP contribution < -0.4 is 21.3 Å². The van der Waals surface area contributed by atoms with Gasteiger partial charge in [0.1, 0.15) is 0 Å². The fourth-order valence-corrected chi connectivity index (χ4v) is 5.20. The number of hydrogen-bond acceptors (Lipinski definition) is 2. The predicted molar refractivity (Wildman–Crippen MR) is 170 cm³/mol. The van der Waals surface area contributed by atoms with E-state index in [0.29, 0.717) is 35.4 Å². The minimum atomic E-state index is -5.13. The van der Waals surface area contributed by atoms with Crippen molar-refractivity contribution in [2.24, 2.45) is 0 Å². The van der Waals surface area contributed by atoms with Crippen LogP contribution in [0.25, 0.3) is 0 Å². The highest BCUT2D eigenvalue weighted by atomic mass is 32.1. The van der Waals surface area contributed by atoms with Crippen molar-refractivity contribution in [2.75, 3.05) is 10.6 Å². The Balaban J connectivity index is 1.70. The van der Waals surface area contributed by atoms with Crippen molar-refractivity contribution < 1.29 is 52.7 Å². The molecule has 0 radical (unpaired) electrons. The zero-order chi connectivity index (χ0) is 37.1. The van der Waals surface area contributed by atoms with E-state index in [9.17, 15) is 52.7 Å². The van der Waals surface area contributed by atoms with Gasteiger partial charge in [0.05, 0.1) is 34.3 Å². The standard InChI is InChI=1S/C32H22F12N4S2/c33-29(34,35)19-11-20(30(36,37)38)14-23(13-19)45-27(49)47-25(17-7-3-1-4-8-17)26(18-9-5-2-6-10-18)48-28(50)46-24-15-21(31(39,40)41)12-22(16-24)32(42,43)44/h1-16,25-26H,(H2,45,47,49)(H2,46,48,50)/t25-,26-/m1/s1. The largest absolute Gasteiger partial charge is 0.416 e. The molecule has 50 heavy (non-hydrogen) atoms.